The number of hydrogen-bond acceptors (Lipinski definition) is 4. The first-order valence-corrected chi connectivity index (χ1v) is 6.68. The van der Waals surface area contributed by atoms with Crippen molar-refractivity contribution in [2.75, 3.05) is 5.32 Å². The number of aromatic nitrogens is 4. The lowest BCUT2D eigenvalue weighted by Gasteiger charge is -2.08. The number of nitrogens with zero attached hydrogens (tertiary/aromatic N) is 4. The third-order valence-electron chi connectivity index (χ3n) is 3.08. The summed E-state index contributed by atoms with van der Waals surface area (Å²) < 4.78 is 1.92. The Hall–Kier alpha value is -2.43. The number of aryl methyl sites for hydroxylation is 1. The van der Waals surface area contributed by atoms with Crippen molar-refractivity contribution in [2.45, 2.75) is 26.8 Å². The van der Waals surface area contributed by atoms with Crippen molar-refractivity contribution < 1.29 is 0 Å². The minimum atomic E-state index is 0.302. The number of rotatable bonds is 3. The van der Waals surface area contributed by atoms with Crippen molar-refractivity contribution >= 4 is 11.5 Å². The second-order valence-electron chi connectivity index (χ2n) is 5.09. The van der Waals surface area contributed by atoms with Crippen LogP contribution >= 0.6 is 0 Å². The van der Waals surface area contributed by atoms with Gasteiger partial charge in [-0.05, 0) is 39.0 Å². The zero-order valence-electron chi connectivity index (χ0n) is 11.8. The molecule has 0 spiro atoms. The van der Waals surface area contributed by atoms with E-state index in [1.165, 1.54) is 0 Å². The van der Waals surface area contributed by atoms with Gasteiger partial charge in [-0.2, -0.15) is 5.10 Å². The predicted molar refractivity (Wildman–Crippen MR) is 79.7 cm³/mol. The molecule has 0 aromatic carbocycles. The number of nitrogens with one attached hydrogen (secondary N) is 1. The molecule has 0 aliphatic heterocycles. The molecule has 0 aliphatic carbocycles. The summed E-state index contributed by atoms with van der Waals surface area (Å²) in [5.74, 6) is 0.643. The lowest BCUT2D eigenvalue weighted by Crippen LogP contribution is -2.12. The van der Waals surface area contributed by atoms with Crippen LogP contribution in [0, 0.1) is 6.92 Å². The van der Waals surface area contributed by atoms with Crippen LogP contribution in [0.1, 0.15) is 19.5 Å². The van der Waals surface area contributed by atoms with Crippen LogP contribution in [0.4, 0.5) is 5.95 Å². The van der Waals surface area contributed by atoms with Gasteiger partial charge in [0.2, 0.25) is 5.95 Å². The van der Waals surface area contributed by atoms with Gasteiger partial charge in [-0.3, -0.25) is 0 Å². The first kappa shape index (κ1) is 12.6. The van der Waals surface area contributed by atoms with E-state index in [0.717, 1.165) is 22.5 Å². The highest BCUT2D eigenvalue weighted by atomic mass is 15.2. The minimum absolute atomic E-state index is 0.302. The van der Waals surface area contributed by atoms with Gasteiger partial charge < -0.3 is 5.32 Å². The van der Waals surface area contributed by atoms with Gasteiger partial charge in [-0.15, -0.1) is 0 Å². The quantitative estimate of drug-likeness (QED) is 0.792. The van der Waals surface area contributed by atoms with Gasteiger partial charge in [-0.1, -0.05) is 6.07 Å². The number of fused-ring (bicyclic) bond motifs is 1. The third-order valence-corrected chi connectivity index (χ3v) is 3.08. The normalized spacial score (nSPS) is 11.2. The molecule has 3 rings (SSSR count). The Labute approximate surface area is 117 Å². The van der Waals surface area contributed by atoms with Gasteiger partial charge >= 0.3 is 0 Å². The molecule has 0 saturated heterocycles. The maximum Gasteiger partial charge on any atom is 0.223 e. The van der Waals surface area contributed by atoms with Gasteiger partial charge in [0.05, 0.1) is 17.4 Å². The zero-order valence-corrected chi connectivity index (χ0v) is 11.8. The second kappa shape index (κ2) is 4.92. The Morgan fingerprint density at radius 3 is 2.85 bits per heavy atom. The van der Waals surface area contributed by atoms with Gasteiger partial charge in [0.1, 0.15) is 0 Å². The van der Waals surface area contributed by atoms with Gasteiger partial charge in [-0.25, -0.2) is 14.5 Å². The molecule has 0 fully saturated rings. The SMILES string of the molecule is Cc1cccc2c(-c3ccnc(NC(C)C)n3)cnn12. The molecule has 5 nitrogen and oxygen atoms in total. The lowest BCUT2D eigenvalue weighted by molar-refractivity contribution is 0.875. The Balaban J connectivity index is 2.09. The van der Waals surface area contributed by atoms with Crippen LogP contribution in [0.25, 0.3) is 16.8 Å². The maximum absolute atomic E-state index is 4.56. The van der Waals surface area contributed by atoms with Crippen molar-refractivity contribution in [1.29, 1.82) is 0 Å². The average Bonchev–Trinajstić information content (AvgIpc) is 2.83. The van der Waals surface area contributed by atoms with Crippen LogP contribution < -0.4 is 5.32 Å². The van der Waals surface area contributed by atoms with Crippen molar-refractivity contribution in [3.63, 3.8) is 0 Å². The molecule has 3 aromatic heterocycles. The molecule has 0 aliphatic rings. The Kier molecular flexibility index (Phi) is 3.10. The third kappa shape index (κ3) is 2.22. The maximum atomic E-state index is 4.56. The van der Waals surface area contributed by atoms with Crippen molar-refractivity contribution in [1.82, 2.24) is 19.6 Å². The largest absolute Gasteiger partial charge is 0.352 e. The monoisotopic (exact) mass is 267 g/mol. The van der Waals surface area contributed by atoms with Crippen LogP contribution in [-0.4, -0.2) is 25.6 Å². The summed E-state index contributed by atoms with van der Waals surface area (Å²) in [7, 11) is 0. The molecule has 5 heteroatoms. The highest BCUT2D eigenvalue weighted by molar-refractivity contribution is 5.78. The molecule has 0 unspecified atom stereocenters. The molecule has 3 heterocycles. The van der Waals surface area contributed by atoms with Gasteiger partial charge in [0, 0.05) is 23.5 Å². The first-order valence-electron chi connectivity index (χ1n) is 6.68. The topological polar surface area (TPSA) is 55.1 Å². The molecule has 102 valence electrons. The molecule has 0 amide bonds. The lowest BCUT2D eigenvalue weighted by atomic mass is 10.2. The van der Waals surface area contributed by atoms with E-state index in [1.807, 2.05) is 41.9 Å². The summed E-state index contributed by atoms with van der Waals surface area (Å²) >= 11 is 0. The van der Waals surface area contributed by atoms with E-state index in [0.29, 0.717) is 12.0 Å². The number of pyridine rings is 1. The highest BCUT2D eigenvalue weighted by Gasteiger charge is 2.10. The fraction of sp³-hybridized carbons (Fsp3) is 0.267. The van der Waals surface area contributed by atoms with Crippen molar-refractivity contribution in [2.24, 2.45) is 0 Å². The molecule has 3 aromatic rings. The standard InChI is InChI=1S/C15H17N5/c1-10(2)18-15-16-8-7-13(19-15)12-9-17-20-11(3)5-4-6-14(12)20/h4-10H,1-3H3,(H,16,18,19). The molecule has 0 bridgehead atoms. The first-order chi connectivity index (χ1) is 9.65. The van der Waals surface area contributed by atoms with Gasteiger partial charge in [0.15, 0.2) is 0 Å². The molecule has 0 radical (unpaired) electrons. The van der Waals surface area contributed by atoms with Crippen molar-refractivity contribution in [3.8, 4) is 11.3 Å². The fourth-order valence-corrected chi connectivity index (χ4v) is 2.18. The fourth-order valence-electron chi connectivity index (χ4n) is 2.18. The molecule has 0 atom stereocenters. The summed E-state index contributed by atoms with van der Waals surface area (Å²) in [5, 5.41) is 7.64. The van der Waals surface area contributed by atoms with Crippen LogP contribution in [0.2, 0.25) is 0 Å². The summed E-state index contributed by atoms with van der Waals surface area (Å²) in [6.45, 7) is 6.17. The summed E-state index contributed by atoms with van der Waals surface area (Å²) in [4.78, 5) is 8.80. The molecular formula is C15H17N5. The van der Waals surface area contributed by atoms with Crippen LogP contribution in [0.15, 0.2) is 36.7 Å². The van der Waals surface area contributed by atoms with E-state index in [4.69, 9.17) is 0 Å². The molecule has 1 N–H and O–H groups in total. The van der Waals surface area contributed by atoms with E-state index < -0.39 is 0 Å². The Morgan fingerprint density at radius 2 is 2.05 bits per heavy atom. The smallest absolute Gasteiger partial charge is 0.223 e. The average molecular weight is 267 g/mol. The summed E-state index contributed by atoms with van der Waals surface area (Å²) in [5.41, 5.74) is 4.05. The van der Waals surface area contributed by atoms with Crippen LogP contribution in [0.3, 0.4) is 0 Å². The number of anilines is 1. The summed E-state index contributed by atoms with van der Waals surface area (Å²) in [6.07, 6.45) is 3.62. The second-order valence-corrected chi connectivity index (χ2v) is 5.09. The van der Waals surface area contributed by atoms with Gasteiger partial charge in [0.25, 0.3) is 0 Å². The Bertz CT molecular complexity index is 745. The zero-order chi connectivity index (χ0) is 14.1. The van der Waals surface area contributed by atoms with E-state index in [-0.39, 0.29) is 0 Å². The Morgan fingerprint density at radius 1 is 1.20 bits per heavy atom. The molecule has 20 heavy (non-hydrogen) atoms. The number of hydrogen-bond donors (Lipinski definition) is 1. The molecule has 0 saturated carbocycles. The van der Waals surface area contributed by atoms with E-state index in [1.54, 1.807) is 6.20 Å². The molecular weight excluding hydrogens is 250 g/mol. The van der Waals surface area contributed by atoms with E-state index >= 15 is 0 Å². The van der Waals surface area contributed by atoms with Crippen molar-refractivity contribution in [3.05, 3.63) is 42.4 Å². The van der Waals surface area contributed by atoms with E-state index in [2.05, 4.69) is 34.2 Å². The van der Waals surface area contributed by atoms with Crippen LogP contribution in [0.5, 0.6) is 0 Å². The van der Waals surface area contributed by atoms with Crippen LogP contribution in [-0.2, 0) is 0 Å². The minimum Gasteiger partial charge on any atom is -0.352 e. The predicted octanol–water partition coefficient (Wildman–Crippen LogP) is 2.92. The highest BCUT2D eigenvalue weighted by Crippen LogP contribution is 2.23. The summed E-state index contributed by atoms with van der Waals surface area (Å²) in [6, 6.07) is 8.33. The van der Waals surface area contributed by atoms with E-state index in [9.17, 15) is 0 Å².